The highest BCUT2D eigenvalue weighted by Crippen LogP contribution is 2.27. The highest BCUT2D eigenvalue weighted by molar-refractivity contribution is 5.94. The summed E-state index contributed by atoms with van der Waals surface area (Å²) in [5.41, 5.74) is 2.26. The zero-order chi connectivity index (χ0) is 13.1. The minimum atomic E-state index is 0.0819. The summed E-state index contributed by atoms with van der Waals surface area (Å²) in [6, 6.07) is 8.50. The van der Waals surface area contributed by atoms with Gasteiger partial charge in [-0.3, -0.25) is 4.90 Å². The number of hydrogen-bond donors (Lipinski definition) is 1. The van der Waals surface area contributed by atoms with Crippen LogP contribution in [0.1, 0.15) is 19.4 Å². The maximum absolute atomic E-state index is 12.3. The Hall–Kier alpha value is -1.55. The normalized spacial score (nSPS) is 16.7. The summed E-state index contributed by atoms with van der Waals surface area (Å²) in [4.78, 5) is 15.9. The van der Waals surface area contributed by atoms with Crippen molar-refractivity contribution < 1.29 is 4.79 Å². The predicted octanol–water partition coefficient (Wildman–Crippen LogP) is 2.06. The molecule has 0 bridgehead atoms. The first kappa shape index (κ1) is 12.9. The molecule has 18 heavy (non-hydrogen) atoms. The average Bonchev–Trinajstić information content (AvgIpc) is 2.35. The van der Waals surface area contributed by atoms with Gasteiger partial charge in [-0.25, -0.2) is 4.79 Å². The van der Waals surface area contributed by atoms with Crippen molar-refractivity contribution in [2.75, 3.05) is 25.0 Å². The van der Waals surface area contributed by atoms with Gasteiger partial charge >= 0.3 is 6.03 Å². The van der Waals surface area contributed by atoms with Crippen LogP contribution in [0.3, 0.4) is 0 Å². The van der Waals surface area contributed by atoms with Crippen LogP contribution in [-0.4, -0.2) is 37.1 Å². The van der Waals surface area contributed by atoms with E-state index in [9.17, 15) is 4.79 Å². The number of nitrogens with one attached hydrogen (secondary N) is 1. The Labute approximate surface area is 109 Å². The van der Waals surface area contributed by atoms with Crippen LogP contribution in [0.25, 0.3) is 0 Å². The molecule has 1 unspecified atom stereocenters. The summed E-state index contributed by atoms with van der Waals surface area (Å²) in [5.74, 6) is 0. The lowest BCUT2D eigenvalue weighted by Crippen LogP contribution is -2.50. The van der Waals surface area contributed by atoms with Crippen molar-refractivity contribution in [2.45, 2.75) is 26.4 Å². The topological polar surface area (TPSA) is 35.6 Å². The maximum Gasteiger partial charge on any atom is 0.324 e. The third-order valence-corrected chi connectivity index (χ3v) is 3.26. The molecule has 2 amide bonds. The third kappa shape index (κ3) is 2.48. The van der Waals surface area contributed by atoms with Gasteiger partial charge in [0.15, 0.2) is 0 Å². The second-order valence-corrected chi connectivity index (χ2v) is 4.84. The maximum atomic E-state index is 12.3. The second kappa shape index (κ2) is 5.40. The number of urea groups is 1. The molecule has 0 aliphatic carbocycles. The van der Waals surface area contributed by atoms with Gasteiger partial charge in [0, 0.05) is 26.2 Å². The second-order valence-electron chi connectivity index (χ2n) is 4.84. The number of amides is 2. The molecule has 0 saturated carbocycles. The molecular weight excluding hydrogens is 226 g/mol. The van der Waals surface area contributed by atoms with Crippen LogP contribution in [0.5, 0.6) is 0 Å². The highest BCUT2D eigenvalue weighted by atomic mass is 16.2. The van der Waals surface area contributed by atoms with E-state index in [1.165, 1.54) is 5.56 Å². The molecule has 4 nitrogen and oxygen atoms in total. The van der Waals surface area contributed by atoms with E-state index < -0.39 is 0 Å². The monoisotopic (exact) mass is 247 g/mol. The number of likely N-dealkylation sites (N-methyl/N-ethyl adjacent to an activating group) is 1. The molecule has 0 aromatic heterocycles. The number of anilines is 1. The minimum absolute atomic E-state index is 0.0819. The van der Waals surface area contributed by atoms with Crippen molar-refractivity contribution in [1.82, 2.24) is 10.2 Å². The molecule has 0 saturated heterocycles. The Morgan fingerprint density at radius 1 is 1.39 bits per heavy atom. The van der Waals surface area contributed by atoms with E-state index in [2.05, 4.69) is 25.2 Å². The molecule has 1 aliphatic rings. The van der Waals surface area contributed by atoms with E-state index in [1.807, 2.05) is 30.1 Å². The molecule has 1 aliphatic heterocycles. The number of benzene rings is 1. The Balaban J connectivity index is 2.24. The lowest BCUT2D eigenvalue weighted by Gasteiger charge is -2.36. The minimum Gasteiger partial charge on any atom is -0.323 e. The van der Waals surface area contributed by atoms with Gasteiger partial charge < -0.3 is 10.2 Å². The largest absolute Gasteiger partial charge is 0.324 e. The van der Waals surface area contributed by atoms with Crippen molar-refractivity contribution in [1.29, 1.82) is 0 Å². The van der Waals surface area contributed by atoms with Gasteiger partial charge in [0.05, 0.1) is 5.69 Å². The number of fused-ring (bicyclic) bond motifs is 1. The van der Waals surface area contributed by atoms with Crippen LogP contribution in [0.15, 0.2) is 24.3 Å². The molecule has 4 heteroatoms. The smallest absolute Gasteiger partial charge is 0.323 e. The van der Waals surface area contributed by atoms with E-state index in [4.69, 9.17) is 0 Å². The molecular formula is C14H21N3O. The number of hydrogen-bond acceptors (Lipinski definition) is 2. The Morgan fingerprint density at radius 2 is 2.11 bits per heavy atom. The van der Waals surface area contributed by atoms with Crippen LogP contribution < -0.4 is 10.2 Å². The summed E-state index contributed by atoms with van der Waals surface area (Å²) in [5, 5.41) is 3.35. The van der Waals surface area contributed by atoms with Gasteiger partial charge in [0.25, 0.3) is 0 Å². The van der Waals surface area contributed by atoms with Gasteiger partial charge in [-0.2, -0.15) is 0 Å². The highest BCUT2D eigenvalue weighted by Gasteiger charge is 2.28. The summed E-state index contributed by atoms with van der Waals surface area (Å²) in [6.45, 7) is 6.50. The Bertz CT molecular complexity index is 433. The molecule has 1 N–H and O–H groups in total. The van der Waals surface area contributed by atoms with Crippen molar-refractivity contribution in [3.63, 3.8) is 0 Å². The first-order valence-electron chi connectivity index (χ1n) is 6.47. The van der Waals surface area contributed by atoms with Gasteiger partial charge in [-0.15, -0.1) is 0 Å². The average molecular weight is 247 g/mol. The number of carbonyl (C=O) groups is 1. The standard InChI is InChI=1S/C14H21N3O/c1-4-15-11(2)9-17-13-8-6-5-7-12(13)10-16(3)14(17)18/h5-8,11,15H,4,9-10H2,1-3H3. The summed E-state index contributed by atoms with van der Waals surface area (Å²) >= 11 is 0. The fourth-order valence-corrected chi connectivity index (χ4v) is 2.40. The fourth-order valence-electron chi connectivity index (χ4n) is 2.40. The Morgan fingerprint density at radius 3 is 2.83 bits per heavy atom. The van der Waals surface area contributed by atoms with Gasteiger partial charge in [-0.05, 0) is 25.1 Å². The first-order chi connectivity index (χ1) is 8.63. The molecule has 98 valence electrons. The number of para-hydroxylation sites is 1. The molecule has 0 spiro atoms. The number of rotatable bonds is 4. The summed E-state index contributed by atoms with van der Waals surface area (Å²) in [6.07, 6.45) is 0. The van der Waals surface area contributed by atoms with E-state index in [-0.39, 0.29) is 6.03 Å². The van der Waals surface area contributed by atoms with Crippen molar-refractivity contribution >= 4 is 11.7 Å². The zero-order valence-electron chi connectivity index (χ0n) is 11.3. The van der Waals surface area contributed by atoms with E-state index in [1.54, 1.807) is 4.90 Å². The van der Waals surface area contributed by atoms with E-state index >= 15 is 0 Å². The van der Waals surface area contributed by atoms with Gasteiger partial charge in [0.2, 0.25) is 0 Å². The first-order valence-corrected chi connectivity index (χ1v) is 6.47. The fraction of sp³-hybridized carbons (Fsp3) is 0.500. The number of nitrogens with zero attached hydrogens (tertiary/aromatic N) is 2. The van der Waals surface area contributed by atoms with Crippen LogP contribution in [0, 0.1) is 0 Å². The molecule has 0 fully saturated rings. The molecule has 1 aromatic carbocycles. The Kier molecular flexibility index (Phi) is 3.87. The SMILES string of the molecule is CCNC(C)CN1C(=O)N(C)Cc2ccccc21. The summed E-state index contributed by atoms with van der Waals surface area (Å²) < 4.78 is 0. The zero-order valence-corrected chi connectivity index (χ0v) is 11.3. The predicted molar refractivity (Wildman–Crippen MR) is 73.8 cm³/mol. The quantitative estimate of drug-likeness (QED) is 0.884. The van der Waals surface area contributed by atoms with Crippen molar-refractivity contribution in [2.24, 2.45) is 0 Å². The lowest BCUT2D eigenvalue weighted by atomic mass is 10.1. The summed E-state index contributed by atoms with van der Waals surface area (Å²) in [7, 11) is 1.85. The van der Waals surface area contributed by atoms with Crippen LogP contribution >= 0.6 is 0 Å². The molecule has 1 atom stereocenters. The third-order valence-electron chi connectivity index (χ3n) is 3.26. The van der Waals surface area contributed by atoms with Gasteiger partial charge in [-0.1, -0.05) is 25.1 Å². The van der Waals surface area contributed by atoms with Crippen LogP contribution in [0.4, 0.5) is 10.5 Å². The molecule has 2 rings (SSSR count). The van der Waals surface area contributed by atoms with Crippen LogP contribution in [0.2, 0.25) is 0 Å². The number of carbonyl (C=O) groups excluding carboxylic acids is 1. The van der Waals surface area contributed by atoms with Crippen molar-refractivity contribution in [3.05, 3.63) is 29.8 Å². The van der Waals surface area contributed by atoms with Crippen LogP contribution in [-0.2, 0) is 6.54 Å². The van der Waals surface area contributed by atoms with E-state index in [0.29, 0.717) is 19.1 Å². The van der Waals surface area contributed by atoms with Crippen molar-refractivity contribution in [3.8, 4) is 0 Å². The van der Waals surface area contributed by atoms with Gasteiger partial charge in [0.1, 0.15) is 0 Å². The van der Waals surface area contributed by atoms with E-state index in [0.717, 1.165) is 12.2 Å². The molecule has 1 heterocycles. The molecule has 1 aromatic rings. The lowest BCUT2D eigenvalue weighted by molar-refractivity contribution is 0.209. The molecule has 0 radical (unpaired) electrons.